The second kappa shape index (κ2) is 6.16. The minimum Gasteiger partial charge on any atom is -0.391 e. The number of carbonyl (C=O) groups is 1. The van der Waals surface area contributed by atoms with E-state index in [0.29, 0.717) is 11.4 Å². The molecule has 6 nitrogen and oxygen atoms in total. The van der Waals surface area contributed by atoms with Gasteiger partial charge in [0.05, 0.1) is 18.7 Å². The van der Waals surface area contributed by atoms with E-state index in [4.69, 9.17) is 17.3 Å². The van der Waals surface area contributed by atoms with Gasteiger partial charge in [-0.2, -0.15) is 0 Å². The molecule has 0 bridgehead atoms. The van der Waals surface area contributed by atoms with Crippen LogP contribution in [0, 0.1) is 0 Å². The van der Waals surface area contributed by atoms with E-state index >= 15 is 0 Å². The number of carbonyl (C=O) groups excluding carboxylic acids is 1. The molecule has 104 valence electrons. The molecule has 1 aromatic rings. The lowest BCUT2D eigenvalue weighted by Crippen LogP contribution is -2.41. The minimum atomic E-state index is -0.425. The van der Waals surface area contributed by atoms with Gasteiger partial charge in [0, 0.05) is 6.04 Å². The van der Waals surface area contributed by atoms with Gasteiger partial charge in [-0.3, -0.25) is 4.79 Å². The number of nitrogens with two attached hydrogens (primary N) is 1. The molecular formula is C12H17ClN4O2. The Balaban J connectivity index is 2.36. The second-order valence-corrected chi connectivity index (χ2v) is 5.02. The SMILES string of the molecule is NC(=O)CN(c1ncnc(Cl)c1CO)C1CCCC1. The van der Waals surface area contributed by atoms with Crippen LogP contribution in [0.25, 0.3) is 0 Å². The number of hydrogen-bond donors (Lipinski definition) is 2. The minimum absolute atomic E-state index is 0.0744. The second-order valence-electron chi connectivity index (χ2n) is 4.66. The van der Waals surface area contributed by atoms with E-state index in [0.717, 1.165) is 25.7 Å². The largest absolute Gasteiger partial charge is 0.391 e. The summed E-state index contributed by atoms with van der Waals surface area (Å²) in [5.74, 6) is 0.0822. The van der Waals surface area contributed by atoms with Crippen molar-refractivity contribution in [2.75, 3.05) is 11.4 Å². The lowest BCUT2D eigenvalue weighted by atomic mass is 10.2. The number of rotatable bonds is 5. The summed E-state index contributed by atoms with van der Waals surface area (Å²) in [5.41, 5.74) is 5.75. The van der Waals surface area contributed by atoms with Crippen LogP contribution < -0.4 is 10.6 Å². The molecule has 0 aliphatic heterocycles. The summed E-state index contributed by atoms with van der Waals surface area (Å²) in [4.78, 5) is 21.1. The Labute approximate surface area is 116 Å². The van der Waals surface area contributed by atoms with Gasteiger partial charge in [0.2, 0.25) is 5.91 Å². The summed E-state index contributed by atoms with van der Waals surface area (Å²) in [6.45, 7) is -0.192. The van der Waals surface area contributed by atoms with Crippen molar-refractivity contribution in [1.29, 1.82) is 0 Å². The van der Waals surface area contributed by atoms with E-state index in [1.54, 1.807) is 0 Å². The summed E-state index contributed by atoms with van der Waals surface area (Å²) in [7, 11) is 0. The zero-order valence-corrected chi connectivity index (χ0v) is 11.3. The Bertz CT molecular complexity index is 463. The van der Waals surface area contributed by atoms with Gasteiger partial charge in [0.1, 0.15) is 17.3 Å². The number of halogens is 1. The van der Waals surface area contributed by atoms with Gasteiger partial charge >= 0.3 is 0 Å². The first-order valence-electron chi connectivity index (χ1n) is 6.28. The fourth-order valence-electron chi connectivity index (χ4n) is 2.53. The third-order valence-corrected chi connectivity index (χ3v) is 3.72. The predicted molar refractivity (Wildman–Crippen MR) is 71.8 cm³/mol. The van der Waals surface area contributed by atoms with Gasteiger partial charge in [-0.05, 0) is 12.8 Å². The molecule has 1 fully saturated rings. The van der Waals surface area contributed by atoms with Crippen molar-refractivity contribution in [3.05, 3.63) is 17.0 Å². The molecule has 0 radical (unpaired) electrons. The average molecular weight is 285 g/mol. The number of amides is 1. The smallest absolute Gasteiger partial charge is 0.237 e. The molecule has 7 heteroatoms. The summed E-state index contributed by atoms with van der Waals surface area (Å²) < 4.78 is 0. The number of aromatic nitrogens is 2. The maximum Gasteiger partial charge on any atom is 0.237 e. The van der Waals surface area contributed by atoms with Crippen molar-refractivity contribution < 1.29 is 9.90 Å². The zero-order valence-electron chi connectivity index (χ0n) is 10.5. The topological polar surface area (TPSA) is 92.3 Å². The Morgan fingerprint density at radius 3 is 2.74 bits per heavy atom. The molecule has 0 saturated heterocycles. The highest BCUT2D eigenvalue weighted by atomic mass is 35.5. The van der Waals surface area contributed by atoms with Gasteiger partial charge in [-0.15, -0.1) is 0 Å². The molecule has 1 amide bonds. The van der Waals surface area contributed by atoms with Gasteiger partial charge in [0.25, 0.3) is 0 Å². The van der Waals surface area contributed by atoms with E-state index in [9.17, 15) is 9.90 Å². The van der Waals surface area contributed by atoms with Crippen LogP contribution in [0.1, 0.15) is 31.2 Å². The molecule has 1 aromatic heterocycles. The average Bonchev–Trinajstić information content (AvgIpc) is 2.89. The highest BCUT2D eigenvalue weighted by molar-refractivity contribution is 6.30. The maximum absolute atomic E-state index is 11.3. The third-order valence-electron chi connectivity index (χ3n) is 3.39. The Hall–Kier alpha value is -1.40. The lowest BCUT2D eigenvalue weighted by molar-refractivity contribution is -0.116. The predicted octanol–water partition coefficient (Wildman–Crippen LogP) is 0.857. The molecule has 0 atom stereocenters. The number of aliphatic hydroxyl groups is 1. The van der Waals surface area contributed by atoms with E-state index in [-0.39, 0.29) is 24.3 Å². The van der Waals surface area contributed by atoms with Crippen LogP contribution in [0.3, 0.4) is 0 Å². The first-order valence-corrected chi connectivity index (χ1v) is 6.66. The highest BCUT2D eigenvalue weighted by Gasteiger charge is 2.27. The summed E-state index contributed by atoms with van der Waals surface area (Å²) in [6, 6.07) is 0.212. The molecule has 0 aromatic carbocycles. The van der Waals surface area contributed by atoms with Gasteiger partial charge < -0.3 is 15.7 Å². The molecule has 3 N–H and O–H groups in total. The molecule has 0 unspecified atom stereocenters. The number of anilines is 1. The van der Waals surface area contributed by atoms with Crippen LogP contribution in [0.4, 0.5) is 5.82 Å². The number of aliphatic hydroxyl groups excluding tert-OH is 1. The highest BCUT2D eigenvalue weighted by Crippen LogP contribution is 2.30. The summed E-state index contributed by atoms with van der Waals surface area (Å²) >= 11 is 5.96. The van der Waals surface area contributed by atoms with Gasteiger partial charge in [0.15, 0.2) is 0 Å². The quantitative estimate of drug-likeness (QED) is 0.782. The molecule has 1 saturated carbocycles. The van der Waals surface area contributed by atoms with Crippen LogP contribution in [0.15, 0.2) is 6.33 Å². The molecule has 1 aliphatic rings. The van der Waals surface area contributed by atoms with E-state index < -0.39 is 5.91 Å². The van der Waals surface area contributed by atoms with Crippen LogP contribution in [-0.2, 0) is 11.4 Å². The standard InChI is InChI=1S/C12H17ClN4O2/c13-11-9(6-18)12(16-7-15-11)17(5-10(14)19)8-3-1-2-4-8/h7-8,18H,1-6H2,(H2,14,19). The Kier molecular flexibility index (Phi) is 4.55. The molecule has 1 heterocycles. The van der Waals surface area contributed by atoms with Crippen molar-refractivity contribution in [2.45, 2.75) is 38.3 Å². The van der Waals surface area contributed by atoms with Crippen molar-refractivity contribution in [3.8, 4) is 0 Å². The first-order chi connectivity index (χ1) is 9.13. The van der Waals surface area contributed by atoms with Crippen LogP contribution in [-0.4, -0.2) is 33.6 Å². The summed E-state index contributed by atoms with van der Waals surface area (Å²) in [5, 5.41) is 9.63. The maximum atomic E-state index is 11.3. The van der Waals surface area contributed by atoms with E-state index in [1.807, 2.05) is 4.90 Å². The van der Waals surface area contributed by atoms with Gasteiger partial charge in [-0.1, -0.05) is 24.4 Å². The molecular weight excluding hydrogens is 268 g/mol. The van der Waals surface area contributed by atoms with Crippen molar-refractivity contribution in [1.82, 2.24) is 9.97 Å². The third kappa shape index (κ3) is 3.13. The first kappa shape index (κ1) is 14.0. The molecule has 2 rings (SSSR count). The lowest BCUT2D eigenvalue weighted by Gasteiger charge is -2.30. The van der Waals surface area contributed by atoms with Crippen molar-refractivity contribution >= 4 is 23.3 Å². The van der Waals surface area contributed by atoms with Crippen LogP contribution in [0.5, 0.6) is 0 Å². The molecule has 19 heavy (non-hydrogen) atoms. The van der Waals surface area contributed by atoms with Crippen LogP contribution >= 0.6 is 11.6 Å². The van der Waals surface area contributed by atoms with Crippen molar-refractivity contribution in [2.24, 2.45) is 5.73 Å². The number of nitrogens with zero attached hydrogens (tertiary/aromatic N) is 3. The number of primary amides is 1. The Morgan fingerprint density at radius 1 is 1.47 bits per heavy atom. The monoisotopic (exact) mass is 284 g/mol. The number of hydrogen-bond acceptors (Lipinski definition) is 5. The van der Waals surface area contributed by atoms with E-state index in [2.05, 4.69) is 9.97 Å². The summed E-state index contributed by atoms with van der Waals surface area (Å²) in [6.07, 6.45) is 5.54. The zero-order chi connectivity index (χ0) is 13.8. The fraction of sp³-hybridized carbons (Fsp3) is 0.583. The van der Waals surface area contributed by atoms with Crippen molar-refractivity contribution in [3.63, 3.8) is 0 Å². The van der Waals surface area contributed by atoms with Gasteiger partial charge in [-0.25, -0.2) is 9.97 Å². The Morgan fingerprint density at radius 2 is 2.16 bits per heavy atom. The molecule has 1 aliphatic carbocycles. The normalized spacial score (nSPS) is 15.7. The van der Waals surface area contributed by atoms with Crippen LogP contribution in [0.2, 0.25) is 5.15 Å². The fourth-order valence-corrected chi connectivity index (χ4v) is 2.71. The van der Waals surface area contributed by atoms with E-state index in [1.165, 1.54) is 6.33 Å². The molecule has 0 spiro atoms.